The van der Waals surface area contributed by atoms with Crippen LogP contribution < -0.4 is 4.74 Å². The predicted octanol–water partition coefficient (Wildman–Crippen LogP) is 4.98. The molecule has 0 unspecified atom stereocenters. The molecule has 1 aliphatic rings. The molecule has 1 atom stereocenters. The van der Waals surface area contributed by atoms with E-state index in [0.717, 1.165) is 36.3 Å². The van der Waals surface area contributed by atoms with Gasteiger partial charge in [0.05, 0.1) is 12.1 Å². The van der Waals surface area contributed by atoms with Crippen molar-refractivity contribution in [1.82, 2.24) is 9.88 Å². The molecule has 0 spiro atoms. The monoisotopic (exact) mass is 446 g/mol. The molecule has 2 aromatic carbocycles. The summed E-state index contributed by atoms with van der Waals surface area (Å²) in [4.78, 5) is 18.6. The van der Waals surface area contributed by atoms with Gasteiger partial charge in [-0.25, -0.2) is 13.8 Å². The molecule has 0 bridgehead atoms. The van der Waals surface area contributed by atoms with Crippen molar-refractivity contribution in [2.24, 2.45) is 0 Å². The lowest BCUT2D eigenvalue weighted by Gasteiger charge is -2.31. The molecule has 31 heavy (non-hydrogen) atoms. The van der Waals surface area contributed by atoms with E-state index in [1.165, 1.54) is 6.07 Å². The molecule has 4 rings (SSSR count). The fourth-order valence-corrected chi connectivity index (χ4v) is 3.75. The number of ether oxygens (including phenoxy) is 1. The van der Waals surface area contributed by atoms with Gasteiger partial charge in [0.25, 0.3) is 5.91 Å². The van der Waals surface area contributed by atoms with Crippen LogP contribution in [-0.2, 0) is 11.2 Å². The highest BCUT2D eigenvalue weighted by Crippen LogP contribution is 2.28. The number of piperidine rings is 1. The number of nitrogens with zero attached hydrogens (tertiary/aromatic N) is 2. The number of amides is 1. The van der Waals surface area contributed by atoms with Crippen LogP contribution in [0.1, 0.15) is 36.0 Å². The molecule has 0 N–H and O–H groups in total. The van der Waals surface area contributed by atoms with Gasteiger partial charge < -0.3 is 14.1 Å². The maximum Gasteiger partial charge on any atom is 0.260 e. The van der Waals surface area contributed by atoms with Crippen molar-refractivity contribution in [3.63, 3.8) is 0 Å². The van der Waals surface area contributed by atoms with Crippen LogP contribution in [0.3, 0.4) is 0 Å². The first-order valence-electron chi connectivity index (χ1n) is 10.0. The van der Waals surface area contributed by atoms with E-state index in [1.54, 1.807) is 11.1 Å². The molecule has 8 heteroatoms. The molecule has 1 aliphatic heterocycles. The van der Waals surface area contributed by atoms with Crippen LogP contribution in [0.5, 0.6) is 5.75 Å². The van der Waals surface area contributed by atoms with Gasteiger partial charge in [-0.3, -0.25) is 4.79 Å². The minimum Gasteiger partial charge on any atom is -0.481 e. The topological polar surface area (TPSA) is 55.6 Å². The summed E-state index contributed by atoms with van der Waals surface area (Å²) in [5.41, 5.74) is 1.07. The molecular formula is C23H21ClF2N2O3. The Bertz CT molecular complexity index is 1060. The van der Waals surface area contributed by atoms with Gasteiger partial charge in [0, 0.05) is 30.6 Å². The molecule has 0 aliphatic carbocycles. The molecule has 0 radical (unpaired) electrons. The molecule has 3 aromatic rings. The van der Waals surface area contributed by atoms with Crippen molar-refractivity contribution in [1.29, 1.82) is 0 Å². The fraction of sp³-hybridized carbons (Fsp3) is 0.304. The van der Waals surface area contributed by atoms with Gasteiger partial charge >= 0.3 is 0 Å². The van der Waals surface area contributed by atoms with Gasteiger partial charge in [0.1, 0.15) is 11.6 Å². The van der Waals surface area contributed by atoms with Crippen molar-refractivity contribution in [3.8, 4) is 5.75 Å². The van der Waals surface area contributed by atoms with E-state index in [-0.39, 0.29) is 24.2 Å². The Hall–Kier alpha value is -2.93. The minimum atomic E-state index is -0.836. The van der Waals surface area contributed by atoms with Crippen molar-refractivity contribution in [3.05, 3.63) is 82.5 Å². The van der Waals surface area contributed by atoms with Gasteiger partial charge in [-0.15, -0.1) is 0 Å². The Balaban J connectivity index is 1.34. The van der Waals surface area contributed by atoms with E-state index in [9.17, 15) is 13.6 Å². The van der Waals surface area contributed by atoms with E-state index in [0.29, 0.717) is 30.4 Å². The standard InChI is InChI=1S/C23H21ClF2N2O3/c24-17-5-3-15(4-6-17)10-19-12-27-23(31-19)16-2-1-9-28(13-16)22(29)14-30-21-8-7-18(25)11-20(21)26/h3-8,11-12,16H,1-2,9-10,13-14H2/t16-/m1/s1. The molecule has 1 aromatic heterocycles. The van der Waals surface area contributed by atoms with Crippen molar-refractivity contribution < 1.29 is 22.7 Å². The zero-order valence-electron chi connectivity index (χ0n) is 16.7. The Morgan fingerprint density at radius 2 is 2.03 bits per heavy atom. The summed E-state index contributed by atoms with van der Waals surface area (Å²) in [7, 11) is 0. The van der Waals surface area contributed by atoms with Gasteiger partial charge in [0.15, 0.2) is 24.1 Å². The van der Waals surface area contributed by atoms with E-state index < -0.39 is 11.6 Å². The number of hydrogen-bond donors (Lipinski definition) is 0. The fourth-order valence-electron chi connectivity index (χ4n) is 3.62. The summed E-state index contributed by atoms with van der Waals surface area (Å²) in [6.07, 6.45) is 3.98. The lowest BCUT2D eigenvalue weighted by atomic mass is 9.98. The largest absolute Gasteiger partial charge is 0.481 e. The minimum absolute atomic E-state index is 0.0146. The molecule has 162 valence electrons. The zero-order valence-corrected chi connectivity index (χ0v) is 17.4. The van der Waals surface area contributed by atoms with Crippen LogP contribution in [0.2, 0.25) is 5.02 Å². The van der Waals surface area contributed by atoms with Crippen LogP contribution in [-0.4, -0.2) is 35.5 Å². The number of aromatic nitrogens is 1. The van der Waals surface area contributed by atoms with E-state index >= 15 is 0 Å². The first-order chi connectivity index (χ1) is 15.0. The number of oxazole rings is 1. The SMILES string of the molecule is O=C(COc1ccc(F)cc1F)N1CCC[C@@H](c2ncc(Cc3ccc(Cl)cc3)o2)C1. The lowest BCUT2D eigenvalue weighted by molar-refractivity contribution is -0.134. The van der Waals surface area contributed by atoms with E-state index in [2.05, 4.69) is 4.98 Å². The molecule has 1 fully saturated rings. The second kappa shape index (κ2) is 9.47. The first-order valence-corrected chi connectivity index (χ1v) is 10.4. The average Bonchev–Trinajstić information content (AvgIpc) is 3.23. The normalized spacial score (nSPS) is 16.4. The van der Waals surface area contributed by atoms with Crippen molar-refractivity contribution >= 4 is 17.5 Å². The number of likely N-dealkylation sites (tertiary alicyclic amines) is 1. The van der Waals surface area contributed by atoms with Gasteiger partial charge in [0.2, 0.25) is 0 Å². The molecule has 5 nitrogen and oxygen atoms in total. The van der Waals surface area contributed by atoms with Crippen LogP contribution in [0.25, 0.3) is 0 Å². The maximum absolute atomic E-state index is 13.7. The third-order valence-electron chi connectivity index (χ3n) is 5.23. The highest BCUT2D eigenvalue weighted by Gasteiger charge is 2.28. The molecule has 2 heterocycles. The van der Waals surface area contributed by atoms with Gasteiger partial charge in [-0.1, -0.05) is 23.7 Å². The second-order valence-electron chi connectivity index (χ2n) is 7.51. The Labute approximate surface area is 183 Å². The second-order valence-corrected chi connectivity index (χ2v) is 7.95. The number of carbonyl (C=O) groups is 1. The number of carbonyl (C=O) groups excluding carboxylic acids is 1. The summed E-state index contributed by atoms with van der Waals surface area (Å²) in [6.45, 7) is 0.723. The van der Waals surface area contributed by atoms with Crippen LogP contribution in [0, 0.1) is 11.6 Å². The van der Waals surface area contributed by atoms with Gasteiger partial charge in [-0.05, 0) is 42.7 Å². The summed E-state index contributed by atoms with van der Waals surface area (Å²) in [5, 5.41) is 0.681. The highest BCUT2D eigenvalue weighted by molar-refractivity contribution is 6.30. The summed E-state index contributed by atoms with van der Waals surface area (Å²) >= 11 is 5.92. The average molecular weight is 447 g/mol. The van der Waals surface area contributed by atoms with Gasteiger partial charge in [-0.2, -0.15) is 0 Å². The quantitative estimate of drug-likeness (QED) is 0.535. The third kappa shape index (κ3) is 5.41. The predicted molar refractivity (Wildman–Crippen MR) is 111 cm³/mol. The zero-order chi connectivity index (χ0) is 21.8. The molecule has 0 saturated carbocycles. The Morgan fingerprint density at radius 1 is 1.23 bits per heavy atom. The van der Waals surface area contributed by atoms with Crippen LogP contribution in [0.4, 0.5) is 8.78 Å². The Morgan fingerprint density at radius 3 is 2.81 bits per heavy atom. The first kappa shape index (κ1) is 21.3. The van der Waals surface area contributed by atoms with Crippen molar-refractivity contribution in [2.45, 2.75) is 25.2 Å². The highest BCUT2D eigenvalue weighted by atomic mass is 35.5. The van der Waals surface area contributed by atoms with Crippen LogP contribution in [0.15, 0.2) is 53.1 Å². The molecule has 1 saturated heterocycles. The van der Waals surface area contributed by atoms with Crippen LogP contribution >= 0.6 is 11.6 Å². The molecular weight excluding hydrogens is 426 g/mol. The lowest BCUT2D eigenvalue weighted by Crippen LogP contribution is -2.41. The van der Waals surface area contributed by atoms with E-state index in [4.69, 9.17) is 20.8 Å². The summed E-state index contributed by atoms with van der Waals surface area (Å²) < 4.78 is 37.9. The number of halogens is 3. The number of rotatable bonds is 6. The summed E-state index contributed by atoms with van der Waals surface area (Å²) in [6, 6.07) is 10.5. The van der Waals surface area contributed by atoms with Crippen molar-refractivity contribution in [2.75, 3.05) is 19.7 Å². The molecule has 1 amide bonds. The van der Waals surface area contributed by atoms with E-state index in [1.807, 2.05) is 24.3 Å². The maximum atomic E-state index is 13.7. The number of benzene rings is 2. The number of hydrogen-bond acceptors (Lipinski definition) is 4. The third-order valence-corrected chi connectivity index (χ3v) is 5.48. The Kier molecular flexibility index (Phi) is 6.51. The summed E-state index contributed by atoms with van der Waals surface area (Å²) in [5.74, 6) is -0.611. The smallest absolute Gasteiger partial charge is 0.260 e.